The van der Waals surface area contributed by atoms with Gasteiger partial charge >= 0.3 is 0 Å². The van der Waals surface area contributed by atoms with Crippen LogP contribution in [0.2, 0.25) is 0 Å². The summed E-state index contributed by atoms with van der Waals surface area (Å²) in [5.41, 5.74) is 1.49. The molecular formula is C26H16F2N2O2. The first-order valence-electron chi connectivity index (χ1n) is 9.92. The number of nitrogens with zero attached hydrogens (tertiary/aromatic N) is 1. The van der Waals surface area contributed by atoms with E-state index >= 15 is 0 Å². The van der Waals surface area contributed by atoms with Crippen LogP contribution in [-0.4, -0.2) is 11.8 Å². The molecule has 32 heavy (non-hydrogen) atoms. The molecule has 0 saturated heterocycles. The molecule has 1 heterocycles. The van der Waals surface area contributed by atoms with Crippen LogP contribution in [0.1, 0.15) is 5.56 Å². The fourth-order valence-corrected chi connectivity index (χ4v) is 3.82. The topological polar surface area (TPSA) is 49.4 Å². The van der Waals surface area contributed by atoms with Crippen molar-refractivity contribution in [2.24, 2.45) is 0 Å². The summed E-state index contributed by atoms with van der Waals surface area (Å²) >= 11 is 0. The molecule has 0 unspecified atom stereocenters. The van der Waals surface area contributed by atoms with E-state index in [-0.39, 0.29) is 17.0 Å². The monoisotopic (exact) mass is 426 g/mol. The Labute approximate surface area is 182 Å². The Balaban J connectivity index is 1.65. The highest BCUT2D eigenvalue weighted by molar-refractivity contribution is 6.46. The van der Waals surface area contributed by atoms with E-state index in [1.807, 2.05) is 42.5 Å². The number of hydrogen-bond acceptors (Lipinski definition) is 3. The SMILES string of the molecule is O=C1C(Nc2cccc3ccccc23)=C(c2ccc(F)cc2)C(=O)N1c1ccc(F)cc1. The van der Waals surface area contributed by atoms with Crippen LogP contribution >= 0.6 is 0 Å². The minimum absolute atomic E-state index is 0.0716. The fraction of sp³-hybridized carbons (Fsp3) is 0. The molecule has 1 aliphatic rings. The number of carbonyl (C=O) groups excluding carboxylic acids is 2. The Bertz CT molecular complexity index is 1390. The third-order valence-corrected chi connectivity index (χ3v) is 5.35. The van der Waals surface area contributed by atoms with Gasteiger partial charge in [0.2, 0.25) is 0 Å². The Kier molecular flexibility index (Phi) is 4.75. The number of nitrogens with one attached hydrogen (secondary N) is 1. The molecule has 1 aliphatic heterocycles. The lowest BCUT2D eigenvalue weighted by atomic mass is 10.0. The lowest BCUT2D eigenvalue weighted by molar-refractivity contribution is -0.120. The highest BCUT2D eigenvalue weighted by atomic mass is 19.1. The maximum atomic E-state index is 13.5. The zero-order valence-corrected chi connectivity index (χ0v) is 16.7. The summed E-state index contributed by atoms with van der Waals surface area (Å²) < 4.78 is 26.9. The van der Waals surface area contributed by atoms with Gasteiger partial charge in [-0.1, -0.05) is 48.5 Å². The normalized spacial score (nSPS) is 13.9. The van der Waals surface area contributed by atoms with Crippen molar-refractivity contribution in [3.63, 3.8) is 0 Å². The zero-order chi connectivity index (χ0) is 22.2. The average molecular weight is 426 g/mol. The lowest BCUT2D eigenvalue weighted by Crippen LogP contribution is -2.32. The third kappa shape index (κ3) is 3.32. The van der Waals surface area contributed by atoms with Crippen LogP contribution in [0.3, 0.4) is 0 Å². The predicted molar refractivity (Wildman–Crippen MR) is 120 cm³/mol. The van der Waals surface area contributed by atoms with E-state index in [1.165, 1.54) is 48.5 Å². The lowest BCUT2D eigenvalue weighted by Gasteiger charge is -2.15. The van der Waals surface area contributed by atoms with Crippen molar-refractivity contribution in [1.82, 2.24) is 0 Å². The van der Waals surface area contributed by atoms with Crippen molar-refractivity contribution in [2.45, 2.75) is 0 Å². The maximum Gasteiger partial charge on any atom is 0.282 e. The molecular weight excluding hydrogens is 410 g/mol. The Morgan fingerprint density at radius 2 is 1.28 bits per heavy atom. The molecule has 0 bridgehead atoms. The molecule has 0 aromatic heterocycles. The van der Waals surface area contributed by atoms with Crippen molar-refractivity contribution in [2.75, 3.05) is 10.2 Å². The van der Waals surface area contributed by atoms with Gasteiger partial charge in [-0.3, -0.25) is 9.59 Å². The van der Waals surface area contributed by atoms with E-state index in [4.69, 9.17) is 0 Å². The first kappa shape index (κ1) is 19.6. The molecule has 2 amide bonds. The van der Waals surface area contributed by atoms with Gasteiger partial charge in [0.05, 0.1) is 11.3 Å². The van der Waals surface area contributed by atoms with Crippen molar-refractivity contribution in [3.05, 3.63) is 114 Å². The van der Waals surface area contributed by atoms with E-state index in [0.29, 0.717) is 11.3 Å². The number of fused-ring (bicyclic) bond motifs is 1. The molecule has 156 valence electrons. The molecule has 0 saturated carbocycles. The van der Waals surface area contributed by atoms with Crippen LogP contribution in [0.5, 0.6) is 0 Å². The molecule has 0 spiro atoms. The molecule has 1 N–H and O–H groups in total. The molecule has 0 aliphatic carbocycles. The Morgan fingerprint density at radius 1 is 0.656 bits per heavy atom. The second-order valence-electron chi connectivity index (χ2n) is 7.33. The molecule has 0 atom stereocenters. The molecule has 0 radical (unpaired) electrons. The smallest absolute Gasteiger partial charge is 0.282 e. The highest BCUT2D eigenvalue weighted by Crippen LogP contribution is 2.35. The number of anilines is 2. The van der Waals surface area contributed by atoms with Crippen LogP contribution in [0.4, 0.5) is 20.2 Å². The van der Waals surface area contributed by atoms with E-state index in [9.17, 15) is 18.4 Å². The minimum Gasteiger partial charge on any atom is -0.350 e. The van der Waals surface area contributed by atoms with Gasteiger partial charge in [0.25, 0.3) is 11.8 Å². The first-order valence-corrected chi connectivity index (χ1v) is 9.92. The molecule has 4 nitrogen and oxygen atoms in total. The molecule has 5 rings (SSSR count). The summed E-state index contributed by atoms with van der Waals surface area (Å²) in [6.07, 6.45) is 0. The number of benzene rings is 4. The number of amides is 2. The minimum atomic E-state index is -0.575. The van der Waals surface area contributed by atoms with Crippen molar-refractivity contribution >= 4 is 39.5 Å². The molecule has 0 fully saturated rings. The van der Waals surface area contributed by atoms with Gasteiger partial charge < -0.3 is 5.32 Å². The van der Waals surface area contributed by atoms with Gasteiger partial charge in [-0.25, -0.2) is 13.7 Å². The summed E-state index contributed by atoms with van der Waals surface area (Å²) in [5, 5.41) is 4.98. The van der Waals surface area contributed by atoms with Gasteiger partial charge in [-0.2, -0.15) is 0 Å². The standard InChI is InChI=1S/C26H16F2N2O2/c27-18-10-8-17(9-11-18)23-24(29-22-7-3-5-16-4-1-2-6-21(16)22)26(32)30(25(23)31)20-14-12-19(28)13-15-20/h1-15,29H. The Morgan fingerprint density at radius 3 is 2.00 bits per heavy atom. The van der Waals surface area contributed by atoms with Crippen LogP contribution < -0.4 is 10.2 Å². The van der Waals surface area contributed by atoms with E-state index < -0.39 is 23.4 Å². The number of rotatable bonds is 4. The summed E-state index contributed by atoms with van der Waals surface area (Å²) in [6.45, 7) is 0. The van der Waals surface area contributed by atoms with E-state index in [1.54, 1.807) is 0 Å². The number of imide groups is 1. The second-order valence-corrected chi connectivity index (χ2v) is 7.33. The number of hydrogen-bond donors (Lipinski definition) is 1. The molecule has 6 heteroatoms. The maximum absolute atomic E-state index is 13.5. The molecule has 4 aromatic carbocycles. The zero-order valence-electron chi connectivity index (χ0n) is 16.7. The van der Waals surface area contributed by atoms with E-state index in [0.717, 1.165) is 15.7 Å². The first-order chi connectivity index (χ1) is 15.5. The van der Waals surface area contributed by atoms with E-state index in [2.05, 4.69) is 5.32 Å². The van der Waals surface area contributed by atoms with Gasteiger partial charge in [-0.15, -0.1) is 0 Å². The van der Waals surface area contributed by atoms with Crippen LogP contribution in [-0.2, 0) is 9.59 Å². The fourth-order valence-electron chi connectivity index (χ4n) is 3.82. The summed E-state index contributed by atoms with van der Waals surface area (Å²) in [6, 6.07) is 23.7. The summed E-state index contributed by atoms with van der Waals surface area (Å²) in [4.78, 5) is 27.8. The van der Waals surface area contributed by atoms with Crippen LogP contribution in [0.25, 0.3) is 16.3 Å². The quantitative estimate of drug-likeness (QED) is 0.438. The second kappa shape index (κ2) is 7.74. The summed E-state index contributed by atoms with van der Waals surface area (Å²) in [7, 11) is 0. The van der Waals surface area contributed by atoms with Gasteiger partial charge in [0, 0.05) is 11.1 Å². The number of halogens is 2. The summed E-state index contributed by atoms with van der Waals surface area (Å²) in [5.74, 6) is -2.08. The predicted octanol–water partition coefficient (Wildman–Crippen LogP) is 5.51. The Hall–Kier alpha value is -4.32. The van der Waals surface area contributed by atoms with Crippen LogP contribution in [0, 0.1) is 11.6 Å². The average Bonchev–Trinajstić information content (AvgIpc) is 3.05. The van der Waals surface area contributed by atoms with Crippen molar-refractivity contribution in [3.8, 4) is 0 Å². The van der Waals surface area contributed by atoms with Crippen LogP contribution in [0.15, 0.2) is 96.7 Å². The molecule has 4 aromatic rings. The van der Waals surface area contributed by atoms with Gasteiger partial charge in [0.15, 0.2) is 0 Å². The van der Waals surface area contributed by atoms with Crippen molar-refractivity contribution in [1.29, 1.82) is 0 Å². The van der Waals surface area contributed by atoms with Gasteiger partial charge in [-0.05, 0) is 53.4 Å². The third-order valence-electron chi connectivity index (χ3n) is 5.35. The van der Waals surface area contributed by atoms with Gasteiger partial charge in [0.1, 0.15) is 17.3 Å². The van der Waals surface area contributed by atoms with Crippen molar-refractivity contribution < 1.29 is 18.4 Å². The highest BCUT2D eigenvalue weighted by Gasteiger charge is 2.40. The largest absolute Gasteiger partial charge is 0.350 e. The number of carbonyl (C=O) groups is 2.